The van der Waals surface area contributed by atoms with Crippen molar-refractivity contribution < 1.29 is 4.79 Å². The normalized spacial score (nSPS) is 25.4. The zero-order valence-corrected chi connectivity index (χ0v) is 15.4. The van der Waals surface area contributed by atoms with Crippen molar-refractivity contribution in [1.29, 1.82) is 0 Å². The van der Waals surface area contributed by atoms with Crippen molar-refractivity contribution in [1.82, 2.24) is 10.4 Å². The molecule has 1 heterocycles. The molecule has 3 rings (SSSR count). The minimum absolute atomic E-state index is 0.0157. The lowest BCUT2D eigenvalue weighted by Crippen LogP contribution is -2.30. The second-order valence-electron chi connectivity index (χ2n) is 6.46. The van der Waals surface area contributed by atoms with E-state index in [1.54, 1.807) is 0 Å². The molecular weight excluding hydrogens is 371 g/mol. The number of carbonyl (C=O) groups is 1. The Hall–Kier alpha value is -1.04. The smallest absolute Gasteiger partial charge is 0.291 e. The molecule has 3 N–H and O–H groups in total. The van der Waals surface area contributed by atoms with Gasteiger partial charge >= 0.3 is 0 Å². The van der Waals surface area contributed by atoms with Crippen LogP contribution in [0.15, 0.2) is 5.10 Å². The Balaban J connectivity index is 1.69. The number of hydrogen-bond donors (Lipinski definition) is 2. The maximum Gasteiger partial charge on any atom is 0.291 e. The number of nitrogens with one attached hydrogen (secondary N) is 1. The van der Waals surface area contributed by atoms with Crippen molar-refractivity contribution in [3.63, 3.8) is 0 Å². The number of carbonyl (C=O) groups excluding carboxylic acids is 1. The zero-order chi connectivity index (χ0) is 17.3. The van der Waals surface area contributed by atoms with Crippen LogP contribution in [0.5, 0.6) is 0 Å². The highest BCUT2D eigenvalue weighted by Crippen LogP contribution is 2.39. The molecule has 2 aliphatic rings. The molecule has 0 spiro atoms. The molecule has 0 unspecified atom stereocenters. The van der Waals surface area contributed by atoms with Crippen LogP contribution in [0.3, 0.4) is 0 Å². The van der Waals surface area contributed by atoms with Crippen LogP contribution in [0.2, 0.25) is 15.2 Å². The fourth-order valence-corrected chi connectivity index (χ4v) is 4.25. The van der Waals surface area contributed by atoms with Crippen LogP contribution in [0.1, 0.15) is 55.4 Å². The van der Waals surface area contributed by atoms with Gasteiger partial charge in [0.15, 0.2) is 10.8 Å². The Labute approximate surface area is 155 Å². The van der Waals surface area contributed by atoms with Gasteiger partial charge in [0.05, 0.1) is 10.7 Å². The Bertz CT molecular complexity index is 692. The van der Waals surface area contributed by atoms with E-state index in [9.17, 15) is 4.79 Å². The number of amides is 1. The number of hydrogen-bond acceptors (Lipinski definition) is 4. The zero-order valence-electron chi connectivity index (χ0n) is 13.1. The molecule has 1 aromatic rings. The average molecular weight is 390 g/mol. The molecule has 2 atom stereocenters. The first-order valence-electron chi connectivity index (χ1n) is 8.13. The van der Waals surface area contributed by atoms with Gasteiger partial charge in [-0.15, -0.1) is 0 Å². The van der Waals surface area contributed by atoms with E-state index < -0.39 is 5.91 Å². The minimum atomic E-state index is -0.538. The van der Waals surface area contributed by atoms with Crippen LogP contribution >= 0.6 is 34.8 Å². The van der Waals surface area contributed by atoms with Gasteiger partial charge in [0, 0.05) is 5.71 Å². The molecule has 0 bridgehead atoms. The van der Waals surface area contributed by atoms with E-state index in [0.717, 1.165) is 30.9 Å². The van der Waals surface area contributed by atoms with Gasteiger partial charge in [0.1, 0.15) is 5.02 Å². The third-order valence-corrected chi connectivity index (χ3v) is 6.11. The van der Waals surface area contributed by atoms with Gasteiger partial charge in [0.25, 0.3) is 5.91 Å². The summed E-state index contributed by atoms with van der Waals surface area (Å²) in [7, 11) is 0. The maximum atomic E-state index is 12.3. The lowest BCUT2D eigenvalue weighted by Gasteiger charge is -2.35. The van der Waals surface area contributed by atoms with Gasteiger partial charge in [-0.1, -0.05) is 54.1 Å². The first-order valence-corrected chi connectivity index (χ1v) is 9.26. The van der Waals surface area contributed by atoms with E-state index in [-0.39, 0.29) is 26.6 Å². The van der Waals surface area contributed by atoms with Gasteiger partial charge in [-0.3, -0.25) is 4.79 Å². The summed E-state index contributed by atoms with van der Waals surface area (Å²) in [6.45, 7) is 0. The second-order valence-corrected chi connectivity index (χ2v) is 7.57. The third kappa shape index (κ3) is 3.63. The monoisotopic (exact) mass is 388 g/mol. The van der Waals surface area contributed by atoms with Crippen LogP contribution in [-0.2, 0) is 0 Å². The summed E-state index contributed by atoms with van der Waals surface area (Å²) < 4.78 is 0. The minimum Gasteiger partial charge on any atom is -0.396 e. The predicted octanol–water partition coefficient (Wildman–Crippen LogP) is 4.70. The number of rotatable bonds is 2. The van der Waals surface area contributed by atoms with Gasteiger partial charge in [-0.2, -0.15) is 5.10 Å². The molecule has 1 aromatic heterocycles. The lowest BCUT2D eigenvalue weighted by molar-refractivity contribution is 0.0949. The summed E-state index contributed by atoms with van der Waals surface area (Å²) in [5.41, 5.74) is 9.25. The van der Waals surface area contributed by atoms with Crippen molar-refractivity contribution in [2.45, 2.75) is 44.9 Å². The molecule has 0 aromatic carbocycles. The number of nitrogens with zero attached hydrogens (tertiary/aromatic N) is 2. The lowest BCUT2D eigenvalue weighted by atomic mass is 9.70. The molecule has 5 nitrogen and oxygen atoms in total. The van der Waals surface area contributed by atoms with Gasteiger partial charge < -0.3 is 5.73 Å². The molecule has 2 aliphatic carbocycles. The topological polar surface area (TPSA) is 80.4 Å². The summed E-state index contributed by atoms with van der Waals surface area (Å²) >= 11 is 17.8. The van der Waals surface area contributed by atoms with Crippen molar-refractivity contribution >= 4 is 52.1 Å². The first-order chi connectivity index (χ1) is 11.5. The van der Waals surface area contributed by atoms with Crippen molar-refractivity contribution in [2.75, 3.05) is 5.73 Å². The summed E-state index contributed by atoms with van der Waals surface area (Å²) in [6.07, 6.45) is 8.25. The number of hydrazone groups is 1. The predicted molar refractivity (Wildman–Crippen MR) is 97.9 cm³/mol. The molecular formula is C16H19Cl3N4O. The highest BCUT2D eigenvalue weighted by Gasteiger charge is 2.30. The van der Waals surface area contributed by atoms with Crippen LogP contribution in [0, 0.1) is 11.8 Å². The van der Waals surface area contributed by atoms with Crippen molar-refractivity contribution in [2.24, 2.45) is 16.9 Å². The van der Waals surface area contributed by atoms with E-state index in [1.165, 1.54) is 25.7 Å². The number of nitrogen functional groups attached to an aromatic ring is 1. The van der Waals surface area contributed by atoms with Crippen LogP contribution in [-0.4, -0.2) is 16.6 Å². The molecule has 0 radical (unpaired) electrons. The summed E-state index contributed by atoms with van der Waals surface area (Å²) in [5.74, 6) is 0.980. The number of nitrogens with two attached hydrogens (primary N) is 1. The van der Waals surface area contributed by atoms with Gasteiger partial charge in [-0.05, 0) is 37.5 Å². The van der Waals surface area contributed by atoms with E-state index in [1.807, 2.05) is 0 Å². The van der Waals surface area contributed by atoms with Crippen LogP contribution < -0.4 is 11.2 Å². The molecule has 130 valence electrons. The average Bonchev–Trinajstić information content (AvgIpc) is 2.60. The van der Waals surface area contributed by atoms with Crippen molar-refractivity contribution in [3.8, 4) is 0 Å². The molecule has 1 amide bonds. The van der Waals surface area contributed by atoms with Crippen LogP contribution in [0.25, 0.3) is 0 Å². The SMILES string of the molecule is Nc1c(Cl)c(Cl)nc(C(=O)N/N=C2\CC[C@H]3CCCC[C@@H]3C2)c1Cl. The molecule has 2 saturated carbocycles. The fourth-order valence-electron chi connectivity index (χ4n) is 3.66. The van der Waals surface area contributed by atoms with E-state index in [0.29, 0.717) is 5.92 Å². The Kier molecular flexibility index (Phi) is 5.52. The van der Waals surface area contributed by atoms with Crippen LogP contribution in [0.4, 0.5) is 5.69 Å². The summed E-state index contributed by atoms with van der Waals surface area (Å²) in [6, 6.07) is 0. The van der Waals surface area contributed by atoms with Crippen molar-refractivity contribution in [3.05, 3.63) is 20.9 Å². The van der Waals surface area contributed by atoms with Gasteiger partial charge in [-0.25, -0.2) is 10.4 Å². The largest absolute Gasteiger partial charge is 0.396 e. The Morgan fingerprint density at radius 1 is 1.12 bits per heavy atom. The van der Waals surface area contributed by atoms with Gasteiger partial charge in [0.2, 0.25) is 0 Å². The highest BCUT2D eigenvalue weighted by molar-refractivity contribution is 6.46. The Morgan fingerprint density at radius 2 is 1.83 bits per heavy atom. The standard InChI is InChI=1S/C16H19Cl3N4O/c17-11-13(20)12(18)15(19)21-14(11)16(24)23-22-10-6-5-8-3-1-2-4-9(8)7-10/h8-9H,1-7H2,(H2,20,21)(H,23,24)/b22-10+/t8-,9-/m1/s1. The number of pyridine rings is 1. The van der Waals surface area contributed by atoms with E-state index in [4.69, 9.17) is 40.5 Å². The summed E-state index contributed by atoms with van der Waals surface area (Å²) in [5, 5.41) is 4.24. The highest BCUT2D eigenvalue weighted by atomic mass is 35.5. The molecule has 8 heteroatoms. The molecule has 2 fully saturated rings. The number of halogens is 3. The number of fused-ring (bicyclic) bond motifs is 1. The first kappa shape index (κ1) is 17.8. The fraction of sp³-hybridized carbons (Fsp3) is 0.562. The number of anilines is 1. The number of aromatic nitrogens is 1. The molecule has 0 saturated heterocycles. The van der Waals surface area contributed by atoms with E-state index in [2.05, 4.69) is 15.5 Å². The van der Waals surface area contributed by atoms with E-state index >= 15 is 0 Å². The maximum absolute atomic E-state index is 12.3. The quantitative estimate of drug-likeness (QED) is 0.568. The summed E-state index contributed by atoms with van der Waals surface area (Å²) in [4.78, 5) is 16.2. The molecule has 0 aliphatic heterocycles. The second kappa shape index (κ2) is 7.46. The third-order valence-electron chi connectivity index (χ3n) is 4.97. The molecule has 24 heavy (non-hydrogen) atoms. The Morgan fingerprint density at radius 3 is 2.58 bits per heavy atom.